The number of aryl methyl sites for hydroxylation is 1. The minimum absolute atomic E-state index is 0.375. The minimum atomic E-state index is -0.739. The minimum Gasteiger partial charge on any atom is -0.384 e. The van der Waals surface area contributed by atoms with Crippen molar-refractivity contribution >= 4 is 21.7 Å². The van der Waals surface area contributed by atoms with Gasteiger partial charge in [-0.3, -0.25) is 0 Å². The SMILES string of the molecule is Cc1ccnc(N)c1C(O)c1ccc(Br)cc1. The first-order valence-corrected chi connectivity index (χ1v) is 6.03. The number of anilines is 1. The molecule has 0 spiro atoms. The summed E-state index contributed by atoms with van der Waals surface area (Å²) < 4.78 is 0.976. The lowest BCUT2D eigenvalue weighted by Crippen LogP contribution is -2.07. The number of nitrogens with zero attached hydrogens (tertiary/aromatic N) is 1. The molecule has 0 aliphatic carbocycles. The van der Waals surface area contributed by atoms with Crippen LogP contribution in [0.1, 0.15) is 22.8 Å². The number of rotatable bonds is 2. The van der Waals surface area contributed by atoms with E-state index in [0.29, 0.717) is 11.4 Å². The van der Waals surface area contributed by atoms with Crippen LogP contribution in [0.2, 0.25) is 0 Å². The maximum atomic E-state index is 10.3. The number of aromatic nitrogens is 1. The van der Waals surface area contributed by atoms with Crippen LogP contribution in [0.25, 0.3) is 0 Å². The third kappa shape index (κ3) is 2.48. The first-order chi connectivity index (χ1) is 8.09. The summed E-state index contributed by atoms with van der Waals surface area (Å²) in [6, 6.07) is 9.34. The van der Waals surface area contributed by atoms with Crippen LogP contribution in [0.5, 0.6) is 0 Å². The third-order valence-electron chi connectivity index (χ3n) is 2.70. The van der Waals surface area contributed by atoms with Gasteiger partial charge in [0.05, 0.1) is 0 Å². The quantitative estimate of drug-likeness (QED) is 0.895. The molecule has 3 nitrogen and oxygen atoms in total. The standard InChI is InChI=1S/C13H13BrN2O/c1-8-6-7-16-13(15)11(8)12(17)9-2-4-10(14)5-3-9/h2-7,12,17H,1H3,(H2,15,16). The molecule has 1 aromatic heterocycles. The fourth-order valence-electron chi connectivity index (χ4n) is 1.76. The summed E-state index contributed by atoms with van der Waals surface area (Å²) in [6.45, 7) is 1.91. The molecular weight excluding hydrogens is 280 g/mol. The fourth-order valence-corrected chi connectivity index (χ4v) is 2.02. The fraction of sp³-hybridized carbons (Fsp3) is 0.154. The van der Waals surface area contributed by atoms with Gasteiger partial charge < -0.3 is 10.8 Å². The van der Waals surface area contributed by atoms with Gasteiger partial charge in [-0.1, -0.05) is 28.1 Å². The molecule has 0 aliphatic heterocycles. The zero-order chi connectivity index (χ0) is 12.4. The molecule has 1 heterocycles. The highest BCUT2D eigenvalue weighted by Crippen LogP contribution is 2.28. The maximum absolute atomic E-state index is 10.3. The molecule has 0 saturated heterocycles. The molecule has 4 heteroatoms. The zero-order valence-corrected chi connectivity index (χ0v) is 11.0. The van der Waals surface area contributed by atoms with Gasteiger partial charge in [0.2, 0.25) is 0 Å². The van der Waals surface area contributed by atoms with Crippen molar-refractivity contribution in [2.24, 2.45) is 0 Å². The highest BCUT2D eigenvalue weighted by molar-refractivity contribution is 9.10. The van der Waals surface area contributed by atoms with E-state index in [1.807, 2.05) is 37.3 Å². The van der Waals surface area contributed by atoms with Crippen molar-refractivity contribution in [1.29, 1.82) is 0 Å². The van der Waals surface area contributed by atoms with Crippen molar-refractivity contribution in [2.75, 3.05) is 5.73 Å². The Morgan fingerprint density at radius 3 is 2.47 bits per heavy atom. The highest BCUT2D eigenvalue weighted by Gasteiger charge is 2.16. The number of hydrogen-bond donors (Lipinski definition) is 2. The number of aliphatic hydroxyl groups is 1. The molecule has 0 bridgehead atoms. The van der Waals surface area contributed by atoms with E-state index in [-0.39, 0.29) is 0 Å². The number of hydrogen-bond acceptors (Lipinski definition) is 3. The van der Waals surface area contributed by atoms with Crippen LogP contribution in [0.4, 0.5) is 5.82 Å². The summed E-state index contributed by atoms with van der Waals surface area (Å²) in [6.07, 6.45) is 0.902. The molecule has 2 aromatic rings. The lowest BCUT2D eigenvalue weighted by Gasteiger charge is -2.15. The van der Waals surface area contributed by atoms with E-state index >= 15 is 0 Å². The van der Waals surface area contributed by atoms with Gasteiger partial charge in [-0.15, -0.1) is 0 Å². The second kappa shape index (κ2) is 4.85. The van der Waals surface area contributed by atoms with Crippen LogP contribution in [0.15, 0.2) is 41.0 Å². The predicted molar refractivity (Wildman–Crippen MR) is 71.6 cm³/mol. The summed E-state index contributed by atoms with van der Waals surface area (Å²) in [5.41, 5.74) is 8.22. The first-order valence-electron chi connectivity index (χ1n) is 5.24. The van der Waals surface area contributed by atoms with Gasteiger partial charge in [0.1, 0.15) is 11.9 Å². The Morgan fingerprint density at radius 2 is 1.88 bits per heavy atom. The van der Waals surface area contributed by atoms with E-state index < -0.39 is 6.10 Å². The van der Waals surface area contributed by atoms with Crippen molar-refractivity contribution in [3.05, 3.63) is 57.7 Å². The van der Waals surface area contributed by atoms with E-state index in [0.717, 1.165) is 15.6 Å². The molecule has 0 aliphatic rings. The smallest absolute Gasteiger partial charge is 0.129 e. The van der Waals surface area contributed by atoms with E-state index in [4.69, 9.17) is 5.73 Å². The van der Waals surface area contributed by atoms with E-state index in [1.54, 1.807) is 6.20 Å². The van der Waals surface area contributed by atoms with Crippen molar-refractivity contribution < 1.29 is 5.11 Å². The number of nitrogen functional groups attached to an aromatic ring is 1. The zero-order valence-electron chi connectivity index (χ0n) is 9.39. The van der Waals surface area contributed by atoms with Gasteiger partial charge in [-0.25, -0.2) is 4.98 Å². The molecule has 88 valence electrons. The number of pyridine rings is 1. The van der Waals surface area contributed by atoms with Crippen LogP contribution in [-0.2, 0) is 0 Å². The van der Waals surface area contributed by atoms with Gasteiger partial charge in [-0.2, -0.15) is 0 Å². The molecule has 0 saturated carbocycles. The Balaban J connectivity index is 2.43. The van der Waals surface area contributed by atoms with Crippen molar-refractivity contribution in [3.63, 3.8) is 0 Å². The van der Waals surface area contributed by atoms with Crippen LogP contribution in [0, 0.1) is 6.92 Å². The number of halogens is 1. The third-order valence-corrected chi connectivity index (χ3v) is 3.23. The van der Waals surface area contributed by atoms with Crippen LogP contribution in [0.3, 0.4) is 0 Å². The second-order valence-corrected chi connectivity index (χ2v) is 4.80. The summed E-state index contributed by atoms with van der Waals surface area (Å²) in [5.74, 6) is 0.375. The van der Waals surface area contributed by atoms with Crippen molar-refractivity contribution in [2.45, 2.75) is 13.0 Å². The monoisotopic (exact) mass is 292 g/mol. The van der Waals surface area contributed by atoms with Crippen LogP contribution >= 0.6 is 15.9 Å². The number of aliphatic hydroxyl groups excluding tert-OH is 1. The largest absolute Gasteiger partial charge is 0.384 e. The van der Waals surface area contributed by atoms with Crippen LogP contribution in [-0.4, -0.2) is 10.1 Å². The molecule has 0 radical (unpaired) electrons. The second-order valence-electron chi connectivity index (χ2n) is 3.88. The number of nitrogens with two attached hydrogens (primary N) is 1. The maximum Gasteiger partial charge on any atom is 0.129 e. The molecule has 1 aromatic carbocycles. The molecule has 0 amide bonds. The van der Waals surface area contributed by atoms with Gasteiger partial charge in [0, 0.05) is 16.2 Å². The first kappa shape index (κ1) is 12.1. The Labute approximate surface area is 108 Å². The lowest BCUT2D eigenvalue weighted by atomic mass is 9.98. The van der Waals surface area contributed by atoms with E-state index in [9.17, 15) is 5.11 Å². The van der Waals surface area contributed by atoms with Crippen LogP contribution < -0.4 is 5.73 Å². The Morgan fingerprint density at radius 1 is 1.24 bits per heavy atom. The van der Waals surface area contributed by atoms with Gasteiger partial charge in [-0.05, 0) is 36.2 Å². The molecule has 2 rings (SSSR count). The summed E-state index contributed by atoms with van der Waals surface area (Å²) in [5, 5.41) is 10.3. The van der Waals surface area contributed by atoms with Gasteiger partial charge in [0.15, 0.2) is 0 Å². The Bertz CT molecular complexity index is 505. The average molecular weight is 293 g/mol. The van der Waals surface area contributed by atoms with E-state index in [2.05, 4.69) is 20.9 Å². The van der Waals surface area contributed by atoms with Gasteiger partial charge in [0.25, 0.3) is 0 Å². The number of benzene rings is 1. The molecule has 1 unspecified atom stereocenters. The normalized spacial score (nSPS) is 12.4. The van der Waals surface area contributed by atoms with Gasteiger partial charge >= 0.3 is 0 Å². The average Bonchev–Trinajstić information content (AvgIpc) is 2.29. The lowest BCUT2D eigenvalue weighted by molar-refractivity contribution is 0.220. The summed E-state index contributed by atoms with van der Waals surface area (Å²) in [4.78, 5) is 4.01. The summed E-state index contributed by atoms with van der Waals surface area (Å²) in [7, 11) is 0. The molecule has 17 heavy (non-hydrogen) atoms. The summed E-state index contributed by atoms with van der Waals surface area (Å²) >= 11 is 3.36. The van der Waals surface area contributed by atoms with E-state index in [1.165, 1.54) is 0 Å². The predicted octanol–water partition coefficient (Wildman–Crippen LogP) is 2.82. The molecule has 3 N–H and O–H groups in total. The Hall–Kier alpha value is -1.39. The topological polar surface area (TPSA) is 59.1 Å². The Kier molecular flexibility index (Phi) is 3.45. The highest BCUT2D eigenvalue weighted by atomic mass is 79.9. The molecule has 0 fully saturated rings. The molecule has 1 atom stereocenters. The van der Waals surface area contributed by atoms with Crippen molar-refractivity contribution in [3.8, 4) is 0 Å². The molecular formula is C13H13BrN2O. The van der Waals surface area contributed by atoms with Crippen molar-refractivity contribution in [1.82, 2.24) is 4.98 Å².